The number of hydrogen-bond acceptors (Lipinski definition) is 1. The maximum Gasteiger partial charge on any atom is 0.320 e. The quantitative estimate of drug-likeness (QED) is 0.543. The second-order valence-electron chi connectivity index (χ2n) is 7.04. The number of carbonyl (C=O) groups excluding carboxylic acids is 1. The third kappa shape index (κ3) is 3.65. The van der Waals surface area contributed by atoms with Gasteiger partial charge in [-0.1, -0.05) is 46.3 Å². The second kappa shape index (κ2) is 7.85. The molecule has 142 valence electrons. The molecule has 1 fully saturated rings. The van der Waals surface area contributed by atoms with Crippen molar-refractivity contribution in [3.63, 3.8) is 0 Å². The molecule has 2 aromatic rings. The summed E-state index contributed by atoms with van der Waals surface area (Å²) in [5.41, 5.74) is 1.54. The molecule has 1 heterocycles. The van der Waals surface area contributed by atoms with Gasteiger partial charge in [-0.2, -0.15) is 0 Å². The van der Waals surface area contributed by atoms with Gasteiger partial charge in [0, 0.05) is 18.1 Å². The molecule has 0 aliphatic carbocycles. The zero-order valence-electron chi connectivity index (χ0n) is 15.7. The topological polar surface area (TPSA) is 23.6 Å². The number of carbonyl (C=O) groups is 1. The Labute approximate surface area is 168 Å². The van der Waals surface area contributed by atoms with Crippen molar-refractivity contribution >= 4 is 22.0 Å². The van der Waals surface area contributed by atoms with Crippen LogP contribution in [0.15, 0.2) is 65.7 Å². The maximum absolute atomic E-state index is 13.4. The first kappa shape index (κ1) is 19.6. The van der Waals surface area contributed by atoms with Crippen molar-refractivity contribution in [2.75, 3.05) is 13.6 Å². The molecule has 0 unspecified atom stereocenters. The maximum atomic E-state index is 13.4. The van der Waals surface area contributed by atoms with Crippen molar-refractivity contribution in [1.29, 1.82) is 0 Å². The summed E-state index contributed by atoms with van der Waals surface area (Å²) in [5.74, 6) is -0.275. The normalized spacial score (nSPS) is 21.3. The highest BCUT2D eigenvalue weighted by Crippen LogP contribution is 2.41. The van der Waals surface area contributed by atoms with Crippen LogP contribution in [0.1, 0.15) is 36.9 Å². The Morgan fingerprint density at radius 2 is 1.85 bits per heavy atom. The lowest BCUT2D eigenvalue weighted by atomic mass is 9.80. The van der Waals surface area contributed by atoms with Crippen LogP contribution in [-0.2, 0) is 5.54 Å². The molecule has 27 heavy (non-hydrogen) atoms. The molecule has 2 amide bonds. The molecule has 3 nitrogen and oxygen atoms in total. The molecule has 0 saturated carbocycles. The second-order valence-corrected chi connectivity index (χ2v) is 7.96. The number of hydrogen-bond donors (Lipinski definition) is 0. The summed E-state index contributed by atoms with van der Waals surface area (Å²) in [6.45, 7) is 6.56. The van der Waals surface area contributed by atoms with E-state index in [1.807, 2.05) is 49.2 Å². The molecule has 1 aliphatic rings. The highest BCUT2D eigenvalue weighted by Gasteiger charge is 2.45. The number of urea groups is 1. The van der Waals surface area contributed by atoms with Crippen molar-refractivity contribution in [3.8, 4) is 0 Å². The van der Waals surface area contributed by atoms with Crippen LogP contribution in [0.3, 0.4) is 0 Å². The Hall–Kier alpha value is -2.14. The summed E-state index contributed by atoms with van der Waals surface area (Å²) in [7, 11) is 1.83. The molecule has 0 aromatic heterocycles. The molecule has 0 spiro atoms. The third-order valence-corrected chi connectivity index (χ3v) is 6.15. The summed E-state index contributed by atoms with van der Waals surface area (Å²) >= 11 is 3.45. The Kier molecular flexibility index (Phi) is 5.70. The van der Waals surface area contributed by atoms with Crippen LogP contribution in [0.5, 0.6) is 0 Å². The predicted molar refractivity (Wildman–Crippen MR) is 110 cm³/mol. The predicted octanol–water partition coefficient (Wildman–Crippen LogP) is 5.88. The fourth-order valence-electron chi connectivity index (χ4n) is 3.92. The van der Waals surface area contributed by atoms with Gasteiger partial charge in [0.05, 0.1) is 11.6 Å². The Morgan fingerprint density at radius 1 is 1.22 bits per heavy atom. The zero-order chi connectivity index (χ0) is 19.6. The molecule has 0 N–H and O–H groups in total. The zero-order valence-corrected chi connectivity index (χ0v) is 17.2. The summed E-state index contributed by atoms with van der Waals surface area (Å²) in [6, 6.07) is 14.5. The molecular weight excluding hydrogens is 407 g/mol. The van der Waals surface area contributed by atoms with Crippen LogP contribution in [0.2, 0.25) is 0 Å². The lowest BCUT2D eigenvalue weighted by Gasteiger charge is -2.50. The van der Waals surface area contributed by atoms with Crippen molar-refractivity contribution in [2.45, 2.75) is 31.3 Å². The Bertz CT molecular complexity index is 821. The fourth-order valence-corrected chi connectivity index (χ4v) is 4.18. The van der Waals surface area contributed by atoms with E-state index in [4.69, 9.17) is 0 Å². The van der Waals surface area contributed by atoms with Gasteiger partial charge in [-0.15, -0.1) is 6.58 Å². The first-order valence-corrected chi connectivity index (χ1v) is 9.85. The lowest BCUT2D eigenvalue weighted by Crippen LogP contribution is -2.58. The summed E-state index contributed by atoms with van der Waals surface area (Å²) in [5, 5.41) is 0. The standard InChI is InChI=1S/C22H24BrFN2O/c1-4-13-22(18-7-11-20(24)12-8-18)14-15-26(21(27)25(22)3)16(2)17-5-9-19(23)10-6-17/h4-12,16H,1,13-15H2,2-3H3/t16-,22-/m0/s1. The van der Waals surface area contributed by atoms with Gasteiger partial charge in [0.2, 0.25) is 0 Å². The van der Waals surface area contributed by atoms with Gasteiger partial charge in [0.15, 0.2) is 0 Å². The highest BCUT2D eigenvalue weighted by molar-refractivity contribution is 9.10. The first-order chi connectivity index (χ1) is 12.9. The molecule has 0 radical (unpaired) electrons. The van der Waals surface area contributed by atoms with E-state index in [9.17, 15) is 9.18 Å². The van der Waals surface area contributed by atoms with Gasteiger partial charge in [-0.05, 0) is 55.2 Å². The number of rotatable bonds is 5. The first-order valence-electron chi connectivity index (χ1n) is 9.06. The van der Waals surface area contributed by atoms with Crippen LogP contribution in [0.25, 0.3) is 0 Å². The molecule has 5 heteroatoms. The number of halogens is 2. The highest BCUT2D eigenvalue weighted by atomic mass is 79.9. The molecule has 1 saturated heterocycles. The van der Waals surface area contributed by atoms with Crippen molar-refractivity contribution in [2.24, 2.45) is 0 Å². The molecule has 1 aliphatic heterocycles. The van der Waals surface area contributed by atoms with Gasteiger partial charge >= 0.3 is 6.03 Å². The van der Waals surface area contributed by atoms with Gasteiger partial charge in [-0.3, -0.25) is 0 Å². The summed E-state index contributed by atoms with van der Waals surface area (Å²) in [6.07, 6.45) is 3.22. The smallest absolute Gasteiger partial charge is 0.318 e. The van der Waals surface area contributed by atoms with Crippen LogP contribution >= 0.6 is 15.9 Å². The van der Waals surface area contributed by atoms with Gasteiger partial charge < -0.3 is 9.80 Å². The van der Waals surface area contributed by atoms with E-state index in [0.29, 0.717) is 13.0 Å². The number of benzene rings is 2. The van der Waals surface area contributed by atoms with E-state index < -0.39 is 5.54 Å². The van der Waals surface area contributed by atoms with E-state index in [0.717, 1.165) is 22.0 Å². The van der Waals surface area contributed by atoms with Crippen LogP contribution < -0.4 is 0 Å². The van der Waals surface area contributed by atoms with E-state index in [1.165, 1.54) is 12.1 Å². The molecule has 3 rings (SSSR count). The van der Waals surface area contributed by atoms with Crippen molar-refractivity contribution < 1.29 is 9.18 Å². The van der Waals surface area contributed by atoms with Gasteiger partial charge in [0.25, 0.3) is 0 Å². The minimum Gasteiger partial charge on any atom is -0.318 e. The average Bonchev–Trinajstić information content (AvgIpc) is 2.66. The van der Waals surface area contributed by atoms with E-state index in [1.54, 1.807) is 17.0 Å². The number of nitrogens with zero attached hydrogens (tertiary/aromatic N) is 2. The summed E-state index contributed by atoms with van der Waals surface area (Å²) in [4.78, 5) is 17.0. The minimum absolute atomic E-state index is 0.0250. The Morgan fingerprint density at radius 3 is 2.44 bits per heavy atom. The minimum atomic E-state index is -0.498. The van der Waals surface area contributed by atoms with Crippen LogP contribution in [0, 0.1) is 5.82 Å². The van der Waals surface area contributed by atoms with E-state index in [2.05, 4.69) is 22.5 Å². The molecule has 0 bridgehead atoms. The van der Waals surface area contributed by atoms with Crippen molar-refractivity contribution in [3.05, 3.63) is 82.6 Å². The largest absolute Gasteiger partial charge is 0.320 e. The monoisotopic (exact) mass is 430 g/mol. The fraction of sp³-hybridized carbons (Fsp3) is 0.318. The lowest BCUT2D eigenvalue weighted by molar-refractivity contribution is 0.0425. The van der Waals surface area contributed by atoms with Crippen molar-refractivity contribution in [1.82, 2.24) is 9.80 Å². The summed E-state index contributed by atoms with van der Waals surface area (Å²) < 4.78 is 14.4. The molecular formula is C22H24BrFN2O. The van der Waals surface area contributed by atoms with E-state index in [-0.39, 0.29) is 17.9 Å². The van der Waals surface area contributed by atoms with Crippen LogP contribution in [0.4, 0.5) is 9.18 Å². The van der Waals surface area contributed by atoms with Gasteiger partial charge in [-0.25, -0.2) is 9.18 Å². The van der Waals surface area contributed by atoms with Crippen LogP contribution in [-0.4, -0.2) is 29.4 Å². The average molecular weight is 431 g/mol. The Balaban J connectivity index is 1.90. The molecule has 2 aromatic carbocycles. The van der Waals surface area contributed by atoms with Gasteiger partial charge in [0.1, 0.15) is 5.82 Å². The SMILES string of the molecule is C=CC[C@@]1(c2ccc(F)cc2)CCN([C@@H](C)c2ccc(Br)cc2)C(=O)N1C. The third-order valence-electron chi connectivity index (χ3n) is 5.62. The van der Waals surface area contributed by atoms with E-state index >= 15 is 0 Å². The molecule has 2 atom stereocenters. The number of amides is 2.